The normalized spacial score (nSPS) is 16.6. The Labute approximate surface area is 104 Å². The van der Waals surface area contributed by atoms with Crippen LogP contribution in [0.1, 0.15) is 0 Å². The van der Waals surface area contributed by atoms with E-state index >= 15 is 0 Å². The first-order valence-electron chi connectivity index (χ1n) is 5.59. The second kappa shape index (κ2) is 5.02. The van der Waals surface area contributed by atoms with Crippen molar-refractivity contribution in [2.45, 2.75) is 0 Å². The number of hydrogen-bond donors (Lipinski definition) is 0. The van der Waals surface area contributed by atoms with E-state index in [0.717, 1.165) is 0 Å². The van der Waals surface area contributed by atoms with Gasteiger partial charge in [-0.1, -0.05) is 0 Å². The van der Waals surface area contributed by atoms with Crippen LogP contribution in [-0.2, 0) is 16.6 Å². The van der Waals surface area contributed by atoms with Gasteiger partial charge in [-0.2, -0.15) is 0 Å². The molecule has 0 fully saturated rings. The molecule has 0 saturated heterocycles. The van der Waals surface area contributed by atoms with Crippen LogP contribution in [0.4, 0.5) is 0 Å². The van der Waals surface area contributed by atoms with Gasteiger partial charge in [0.25, 0.3) is 0 Å². The minimum atomic E-state index is -3.38. The zero-order chi connectivity index (χ0) is 13.3. The van der Waals surface area contributed by atoms with Crippen LogP contribution in [0.3, 0.4) is 0 Å². The van der Waals surface area contributed by atoms with Crippen LogP contribution in [-0.4, -0.2) is 87.4 Å². The van der Waals surface area contributed by atoms with Gasteiger partial charge in [-0.05, 0) is 0 Å². The molecule has 0 unspecified atom stereocenters. The Morgan fingerprint density at radius 1 is 0.375 bits per heavy atom. The molecule has 0 aliphatic rings. The van der Waals surface area contributed by atoms with Gasteiger partial charge in [0.2, 0.25) is 0 Å². The molecule has 0 aromatic carbocycles. The third-order valence-electron chi connectivity index (χ3n) is 4.00. The Balaban J connectivity index is 6.16. The number of hydrogen-bond acceptors (Lipinski definition) is 5. The molecule has 0 bridgehead atoms. The zero-order valence-corrected chi connectivity index (χ0v) is 14.3. The molecule has 0 heterocycles. The van der Waals surface area contributed by atoms with Gasteiger partial charge in [0.05, 0.1) is 0 Å². The first-order chi connectivity index (χ1) is 7.06. The van der Waals surface area contributed by atoms with E-state index in [2.05, 4.69) is 87.4 Å². The van der Waals surface area contributed by atoms with Crippen molar-refractivity contribution in [3.63, 3.8) is 0 Å². The van der Waals surface area contributed by atoms with Gasteiger partial charge in [-0.15, -0.1) is 0 Å². The summed E-state index contributed by atoms with van der Waals surface area (Å²) in [6.45, 7) is 0. The molecule has 0 rings (SSSR count). The summed E-state index contributed by atoms with van der Waals surface area (Å²) in [6.07, 6.45) is 0. The molecule has 0 radical (unpaired) electrons. The summed E-state index contributed by atoms with van der Waals surface area (Å²) >= 11 is -3.38. The molecule has 0 aromatic heterocycles. The summed E-state index contributed by atoms with van der Waals surface area (Å²) in [5.41, 5.74) is 0. The van der Waals surface area contributed by atoms with Crippen molar-refractivity contribution in [3.05, 3.63) is 0 Å². The predicted molar refractivity (Wildman–Crippen MR) is 68.4 cm³/mol. The molecule has 0 N–H and O–H groups in total. The number of nitrogens with zero attached hydrogens (tertiary/aromatic N) is 5. The fourth-order valence-corrected chi connectivity index (χ4v) is 16.5. The third kappa shape index (κ3) is 1.61. The van der Waals surface area contributed by atoms with Gasteiger partial charge in [0.15, 0.2) is 0 Å². The van der Waals surface area contributed by atoms with E-state index in [1.165, 1.54) is 0 Å². The van der Waals surface area contributed by atoms with Crippen molar-refractivity contribution >= 4 is 0 Å². The molecule has 0 atom stereocenters. The average Bonchev–Trinajstić information content (AvgIpc) is 2.00. The van der Waals surface area contributed by atoms with Crippen LogP contribution in [0.2, 0.25) is 0 Å². The molecule has 99 valence electrons. The molecular formula is C10H30N5Ti. The van der Waals surface area contributed by atoms with Crippen LogP contribution >= 0.6 is 0 Å². The quantitative estimate of drug-likeness (QED) is 0.653. The standard InChI is InChI=1S/5C2H6N.Ti/c5*1-3-2;/h5*1-2H3;/q5*-1;+5. The fourth-order valence-electron chi connectivity index (χ4n) is 4.00. The van der Waals surface area contributed by atoms with Gasteiger partial charge >= 0.3 is 104 Å². The molecular weight excluding hydrogens is 238 g/mol. The molecule has 6 heteroatoms. The van der Waals surface area contributed by atoms with Crippen LogP contribution < -0.4 is 0 Å². The number of rotatable bonds is 5. The van der Waals surface area contributed by atoms with Crippen molar-refractivity contribution in [2.75, 3.05) is 70.5 Å². The van der Waals surface area contributed by atoms with E-state index in [4.69, 9.17) is 0 Å². The van der Waals surface area contributed by atoms with E-state index in [9.17, 15) is 0 Å². The molecule has 0 saturated carbocycles. The molecule has 0 aliphatic heterocycles. The van der Waals surface area contributed by atoms with Crippen LogP contribution in [0, 0.1) is 0 Å². The SMILES string of the molecule is C[N](C)[Ti]([N](C)C)([N](C)C)([N](C)C)[N](C)C. The van der Waals surface area contributed by atoms with Crippen LogP contribution in [0.25, 0.3) is 0 Å². The molecule has 0 amide bonds. The Hall–Kier alpha value is 0.514. The molecule has 0 aliphatic carbocycles. The summed E-state index contributed by atoms with van der Waals surface area (Å²) in [7, 11) is 21.8. The average molecular weight is 268 g/mol. The second-order valence-corrected chi connectivity index (χ2v) is 15.6. The minimum absolute atomic E-state index is 2.18. The Morgan fingerprint density at radius 2 is 0.500 bits per heavy atom. The summed E-state index contributed by atoms with van der Waals surface area (Å²) < 4.78 is 12.0. The van der Waals surface area contributed by atoms with Gasteiger partial charge in [-0.25, -0.2) is 0 Å². The van der Waals surface area contributed by atoms with Crippen molar-refractivity contribution in [2.24, 2.45) is 0 Å². The van der Waals surface area contributed by atoms with E-state index < -0.39 is 16.6 Å². The van der Waals surface area contributed by atoms with Crippen molar-refractivity contribution in [1.82, 2.24) is 16.9 Å². The summed E-state index contributed by atoms with van der Waals surface area (Å²) in [5, 5.41) is 0. The molecule has 16 heavy (non-hydrogen) atoms. The summed E-state index contributed by atoms with van der Waals surface area (Å²) in [4.78, 5) is 0. The maximum atomic E-state index is 2.40. The van der Waals surface area contributed by atoms with E-state index in [1.54, 1.807) is 0 Å². The third-order valence-corrected chi connectivity index (χ3v) is 16.5. The summed E-state index contributed by atoms with van der Waals surface area (Å²) in [6, 6.07) is 0. The second-order valence-electron chi connectivity index (χ2n) is 5.47. The summed E-state index contributed by atoms with van der Waals surface area (Å²) in [5.74, 6) is 0. The van der Waals surface area contributed by atoms with Crippen LogP contribution in [0.5, 0.6) is 0 Å². The Morgan fingerprint density at radius 3 is 0.500 bits per heavy atom. The first-order valence-corrected chi connectivity index (χ1v) is 9.08. The van der Waals surface area contributed by atoms with E-state index in [0.29, 0.717) is 0 Å². The van der Waals surface area contributed by atoms with Gasteiger partial charge in [0, 0.05) is 0 Å². The predicted octanol–water partition coefficient (Wildman–Crippen LogP) is 0.0590. The van der Waals surface area contributed by atoms with Gasteiger partial charge in [0.1, 0.15) is 0 Å². The molecule has 0 aromatic rings. The van der Waals surface area contributed by atoms with Crippen LogP contribution in [0.15, 0.2) is 0 Å². The molecule has 5 nitrogen and oxygen atoms in total. The molecule has 0 spiro atoms. The van der Waals surface area contributed by atoms with Crippen molar-refractivity contribution in [1.29, 1.82) is 0 Å². The topological polar surface area (TPSA) is 16.2 Å². The van der Waals surface area contributed by atoms with Crippen molar-refractivity contribution < 1.29 is 16.6 Å². The zero-order valence-electron chi connectivity index (χ0n) is 12.7. The van der Waals surface area contributed by atoms with Gasteiger partial charge < -0.3 is 0 Å². The maximum absolute atomic E-state index is 3.38. The van der Waals surface area contributed by atoms with E-state index in [1.807, 2.05) is 0 Å². The van der Waals surface area contributed by atoms with Crippen molar-refractivity contribution in [3.8, 4) is 0 Å². The van der Waals surface area contributed by atoms with Gasteiger partial charge in [-0.3, -0.25) is 0 Å². The van der Waals surface area contributed by atoms with E-state index in [-0.39, 0.29) is 0 Å². The first kappa shape index (κ1) is 16.5. The Bertz CT molecular complexity index is 173. The Kier molecular flexibility index (Phi) is 5.18. The fraction of sp³-hybridized carbons (Fsp3) is 1.00. The monoisotopic (exact) mass is 268 g/mol.